The summed E-state index contributed by atoms with van der Waals surface area (Å²) in [6, 6.07) is 9.57. The van der Waals surface area contributed by atoms with Crippen molar-refractivity contribution in [2.24, 2.45) is 0 Å². The van der Waals surface area contributed by atoms with Gasteiger partial charge in [-0.3, -0.25) is 9.71 Å². The fraction of sp³-hybridized carbons (Fsp3) is 0.286. The van der Waals surface area contributed by atoms with Gasteiger partial charge >= 0.3 is 6.18 Å². The fourth-order valence-corrected chi connectivity index (χ4v) is 3.50. The predicted octanol–water partition coefficient (Wildman–Crippen LogP) is 4.06. The third-order valence-corrected chi connectivity index (χ3v) is 5.99. The largest absolute Gasteiger partial charge is 0.421 e. The first-order valence-corrected chi connectivity index (χ1v) is 11.8. The summed E-state index contributed by atoms with van der Waals surface area (Å²) >= 11 is 0. The minimum Gasteiger partial charge on any atom is -0.389 e. The molecule has 0 fully saturated rings. The number of aliphatic hydroxyl groups excluding tert-OH is 1. The monoisotopic (exact) mass is 496 g/mol. The van der Waals surface area contributed by atoms with E-state index < -0.39 is 33.7 Å². The van der Waals surface area contributed by atoms with Crippen LogP contribution in [0.2, 0.25) is 0 Å². The highest BCUT2D eigenvalue weighted by molar-refractivity contribution is 7.92. The van der Waals surface area contributed by atoms with Crippen molar-refractivity contribution in [1.29, 1.82) is 0 Å². The van der Waals surface area contributed by atoms with Crippen molar-refractivity contribution >= 4 is 33.2 Å². The van der Waals surface area contributed by atoms with Crippen LogP contribution in [0.1, 0.15) is 36.8 Å². The summed E-state index contributed by atoms with van der Waals surface area (Å²) in [6.45, 7) is 2.84. The van der Waals surface area contributed by atoms with Crippen LogP contribution < -0.4 is 15.4 Å². The molecule has 13 heteroatoms. The van der Waals surface area contributed by atoms with Crippen molar-refractivity contribution in [3.63, 3.8) is 0 Å². The lowest BCUT2D eigenvalue weighted by molar-refractivity contribution is -0.137. The Morgan fingerprint density at radius 2 is 1.82 bits per heavy atom. The first-order chi connectivity index (χ1) is 16.0. The van der Waals surface area contributed by atoms with Gasteiger partial charge in [-0.1, -0.05) is 12.1 Å². The van der Waals surface area contributed by atoms with E-state index in [-0.39, 0.29) is 29.6 Å². The fourth-order valence-electron chi connectivity index (χ4n) is 2.84. The Kier molecular flexibility index (Phi) is 7.57. The van der Waals surface area contributed by atoms with Crippen molar-refractivity contribution in [2.75, 3.05) is 21.1 Å². The number of nitrogens with one attached hydrogen (secondary N) is 3. The van der Waals surface area contributed by atoms with E-state index in [1.165, 1.54) is 25.3 Å². The standard InChI is InChI=1S/C21H23F3N6O3S/c1-3-34(32,33)30-17-5-4-10-25-18(17)12-26-19-16(21(22,23)24)11-27-20(29-19)28-15-8-6-14(7-9-15)13(2)31/h4-11,13,30-31H,3,12H2,1-2H3,(H2,26,27,28,29). The molecule has 1 atom stereocenters. The van der Waals surface area contributed by atoms with E-state index in [9.17, 15) is 26.7 Å². The quantitative estimate of drug-likeness (QED) is 0.349. The van der Waals surface area contributed by atoms with Gasteiger partial charge in [-0.25, -0.2) is 13.4 Å². The molecule has 9 nitrogen and oxygen atoms in total. The second-order valence-corrected chi connectivity index (χ2v) is 9.24. The van der Waals surface area contributed by atoms with Crippen LogP contribution in [0.4, 0.5) is 36.3 Å². The maximum Gasteiger partial charge on any atom is 0.421 e. The lowest BCUT2D eigenvalue weighted by atomic mass is 10.1. The van der Waals surface area contributed by atoms with E-state index in [0.717, 1.165) is 0 Å². The Balaban J connectivity index is 1.86. The highest BCUT2D eigenvalue weighted by Crippen LogP contribution is 2.34. The number of rotatable bonds is 9. The van der Waals surface area contributed by atoms with E-state index in [0.29, 0.717) is 17.4 Å². The SMILES string of the molecule is CCS(=O)(=O)Nc1cccnc1CNc1nc(Nc2ccc(C(C)O)cc2)ncc1C(F)(F)F. The van der Waals surface area contributed by atoms with Crippen LogP contribution in [0.3, 0.4) is 0 Å². The number of anilines is 4. The van der Waals surface area contributed by atoms with Gasteiger partial charge in [0.1, 0.15) is 11.4 Å². The first kappa shape index (κ1) is 25.2. The lowest BCUT2D eigenvalue weighted by Crippen LogP contribution is -2.18. The van der Waals surface area contributed by atoms with E-state index in [1.807, 2.05) is 0 Å². The second-order valence-electron chi connectivity index (χ2n) is 7.23. The molecule has 0 saturated carbocycles. The van der Waals surface area contributed by atoms with Crippen molar-refractivity contribution in [3.8, 4) is 0 Å². The number of halogens is 3. The summed E-state index contributed by atoms with van der Waals surface area (Å²) in [5, 5.41) is 15.0. The number of aromatic nitrogens is 3. The number of nitrogens with zero attached hydrogens (tertiary/aromatic N) is 3. The third-order valence-electron chi connectivity index (χ3n) is 4.70. The Morgan fingerprint density at radius 1 is 1.12 bits per heavy atom. The third kappa shape index (κ3) is 6.54. The van der Waals surface area contributed by atoms with Crippen LogP contribution in [0.25, 0.3) is 0 Å². The van der Waals surface area contributed by atoms with Crippen molar-refractivity contribution < 1.29 is 26.7 Å². The molecule has 0 saturated heterocycles. The Labute approximate surface area is 194 Å². The Morgan fingerprint density at radius 3 is 2.44 bits per heavy atom. The maximum absolute atomic E-state index is 13.5. The smallest absolute Gasteiger partial charge is 0.389 e. The summed E-state index contributed by atoms with van der Waals surface area (Å²) in [5.41, 5.74) is 0.432. The highest BCUT2D eigenvalue weighted by atomic mass is 32.2. The molecule has 3 aromatic rings. The molecule has 0 amide bonds. The molecule has 0 aliphatic carbocycles. The predicted molar refractivity (Wildman–Crippen MR) is 122 cm³/mol. The average molecular weight is 497 g/mol. The molecule has 0 radical (unpaired) electrons. The number of alkyl halides is 3. The van der Waals surface area contributed by atoms with Gasteiger partial charge < -0.3 is 15.7 Å². The van der Waals surface area contributed by atoms with Gasteiger partial charge in [-0.15, -0.1) is 0 Å². The first-order valence-electron chi connectivity index (χ1n) is 10.2. The zero-order valence-electron chi connectivity index (χ0n) is 18.3. The Bertz CT molecular complexity index is 1240. The van der Waals surface area contributed by atoms with E-state index in [4.69, 9.17) is 0 Å². The minimum atomic E-state index is -4.73. The van der Waals surface area contributed by atoms with Crippen LogP contribution in [0, 0.1) is 0 Å². The number of benzene rings is 1. The molecule has 2 heterocycles. The molecule has 1 unspecified atom stereocenters. The second kappa shape index (κ2) is 10.2. The summed E-state index contributed by atoms with van der Waals surface area (Å²) in [4.78, 5) is 11.8. The van der Waals surface area contributed by atoms with Crippen LogP contribution in [0.5, 0.6) is 0 Å². The molecule has 1 aromatic carbocycles. The van der Waals surface area contributed by atoms with Gasteiger partial charge in [0.05, 0.1) is 29.8 Å². The number of pyridine rings is 1. The van der Waals surface area contributed by atoms with Gasteiger partial charge in [-0.05, 0) is 43.7 Å². The number of hydrogen-bond acceptors (Lipinski definition) is 8. The van der Waals surface area contributed by atoms with E-state index >= 15 is 0 Å². The number of sulfonamides is 1. The normalized spacial score (nSPS) is 12.8. The molecule has 0 aliphatic heterocycles. The van der Waals surface area contributed by atoms with E-state index in [2.05, 4.69) is 30.3 Å². The van der Waals surface area contributed by atoms with Crippen LogP contribution in [-0.2, 0) is 22.7 Å². The van der Waals surface area contributed by atoms with Gasteiger partial charge in [0.25, 0.3) is 0 Å². The summed E-state index contributed by atoms with van der Waals surface area (Å²) in [5.74, 6) is -0.764. The minimum absolute atomic E-state index is 0.0896. The zero-order chi connectivity index (χ0) is 24.9. The van der Waals surface area contributed by atoms with Gasteiger partial charge in [-0.2, -0.15) is 18.2 Å². The highest BCUT2D eigenvalue weighted by Gasteiger charge is 2.35. The molecule has 0 aliphatic rings. The molecule has 4 N–H and O–H groups in total. The Hall–Kier alpha value is -3.45. The zero-order valence-corrected chi connectivity index (χ0v) is 19.1. The summed E-state index contributed by atoms with van der Waals surface area (Å²) in [6.07, 6.45) is -3.34. The van der Waals surface area contributed by atoms with Crippen molar-refractivity contribution in [2.45, 2.75) is 32.7 Å². The summed E-state index contributed by atoms with van der Waals surface area (Å²) in [7, 11) is -3.61. The lowest BCUT2D eigenvalue weighted by Gasteiger charge is -2.16. The number of hydrogen-bond donors (Lipinski definition) is 4. The van der Waals surface area contributed by atoms with E-state index in [1.54, 1.807) is 31.2 Å². The molecular weight excluding hydrogens is 473 g/mol. The molecule has 0 bridgehead atoms. The van der Waals surface area contributed by atoms with Crippen molar-refractivity contribution in [3.05, 3.63) is 65.6 Å². The van der Waals surface area contributed by atoms with Crippen LogP contribution in [-0.4, -0.2) is 34.2 Å². The molecule has 3 rings (SSSR count). The summed E-state index contributed by atoms with van der Waals surface area (Å²) < 4.78 is 66.8. The van der Waals surface area contributed by atoms with Gasteiger partial charge in [0.15, 0.2) is 0 Å². The van der Waals surface area contributed by atoms with Gasteiger partial charge in [0.2, 0.25) is 16.0 Å². The maximum atomic E-state index is 13.5. The molecule has 2 aromatic heterocycles. The topological polar surface area (TPSA) is 129 Å². The molecule has 34 heavy (non-hydrogen) atoms. The molecular formula is C21H23F3N6O3S. The van der Waals surface area contributed by atoms with Crippen molar-refractivity contribution in [1.82, 2.24) is 15.0 Å². The molecule has 182 valence electrons. The van der Waals surface area contributed by atoms with Crippen LogP contribution >= 0.6 is 0 Å². The number of aliphatic hydroxyl groups is 1. The molecule has 0 spiro atoms. The van der Waals surface area contributed by atoms with Crippen LogP contribution in [0.15, 0.2) is 48.8 Å². The average Bonchev–Trinajstić information content (AvgIpc) is 2.78. The van der Waals surface area contributed by atoms with Gasteiger partial charge in [0, 0.05) is 18.1 Å².